The van der Waals surface area contributed by atoms with E-state index < -0.39 is 75.0 Å². The maximum absolute atomic E-state index is 12.8. The van der Waals surface area contributed by atoms with Crippen LogP contribution in [0.15, 0.2) is 112 Å². The molecular formula is C62H78N10O18. The van der Waals surface area contributed by atoms with Gasteiger partial charge >= 0.3 is 0 Å². The summed E-state index contributed by atoms with van der Waals surface area (Å²) in [7, 11) is 3.13. The van der Waals surface area contributed by atoms with Crippen LogP contribution in [0.3, 0.4) is 0 Å². The highest BCUT2D eigenvalue weighted by Gasteiger charge is 2.23. The molecule has 3 aromatic heterocycles. The highest BCUT2D eigenvalue weighted by molar-refractivity contribution is 6.03. The number of aromatic nitrogens is 3. The van der Waals surface area contributed by atoms with E-state index >= 15 is 0 Å². The highest BCUT2D eigenvalue weighted by atomic mass is 16.5. The molecule has 0 saturated carbocycles. The van der Waals surface area contributed by atoms with E-state index in [9.17, 15) is 69.0 Å². The van der Waals surface area contributed by atoms with Crippen molar-refractivity contribution in [2.75, 3.05) is 106 Å². The van der Waals surface area contributed by atoms with E-state index in [1.807, 2.05) is 42.5 Å². The number of pyridine rings is 3. The maximum atomic E-state index is 12.8. The van der Waals surface area contributed by atoms with Gasteiger partial charge in [-0.1, -0.05) is 49.0 Å². The number of nitrogens with one attached hydrogen (secondary N) is 7. The number of amides is 5. The van der Waals surface area contributed by atoms with Crippen LogP contribution in [-0.4, -0.2) is 180 Å². The van der Waals surface area contributed by atoms with Gasteiger partial charge in [-0.3, -0.25) is 38.4 Å². The van der Waals surface area contributed by atoms with Crippen LogP contribution in [-0.2, 0) is 33.8 Å². The van der Waals surface area contributed by atoms with Crippen molar-refractivity contribution >= 4 is 29.5 Å². The number of aliphatic hydroxyl groups excluding tert-OH is 1. The Kier molecular flexibility index (Phi) is 28.1. The Morgan fingerprint density at radius 2 is 0.789 bits per heavy atom. The summed E-state index contributed by atoms with van der Waals surface area (Å²) < 4.78 is 24.5. The molecule has 6 aromatic rings. The SMILES string of the molecule is C=C(O)Cn1c(C)cc(C(=O)NCCNCCNC(=O)c2cc(C)n(Cc3ccc(OC)cc3)c(=O)c2O)c(O)c1=O.COCCOCCOCCNC(=O)c1ccc(C(=O)NCCNCCNC(=O)c2cc(C)n(Cc3ccccc3)c(=O)c2O)c(O)c1O. The fraction of sp³-hybridized carbons (Fsp3) is 0.355. The predicted molar refractivity (Wildman–Crippen MR) is 331 cm³/mol. The van der Waals surface area contributed by atoms with Gasteiger partial charge < -0.3 is 101 Å². The molecule has 28 nitrogen and oxygen atoms in total. The molecule has 28 heteroatoms. The lowest BCUT2D eigenvalue weighted by atomic mass is 10.1. The molecule has 0 radical (unpaired) electrons. The maximum Gasteiger partial charge on any atom is 0.294 e. The molecule has 0 spiro atoms. The number of allylic oxidation sites excluding steroid dienone is 1. The summed E-state index contributed by atoms with van der Waals surface area (Å²) in [5, 5.41) is 80.1. The molecule has 5 amide bonds. The third-order valence-corrected chi connectivity index (χ3v) is 13.5. The Morgan fingerprint density at radius 3 is 1.19 bits per heavy atom. The summed E-state index contributed by atoms with van der Waals surface area (Å²) in [6.07, 6.45) is 0. The van der Waals surface area contributed by atoms with Crippen molar-refractivity contribution in [1.82, 2.24) is 50.9 Å². The summed E-state index contributed by atoms with van der Waals surface area (Å²) in [6.45, 7) is 12.4. The number of carbonyl (C=O) groups excluding carboxylic acids is 5. The quantitative estimate of drug-likeness (QED) is 0.0157. The zero-order valence-corrected chi connectivity index (χ0v) is 50.7. The molecule has 0 saturated heterocycles. The Morgan fingerprint density at radius 1 is 0.433 bits per heavy atom. The number of methoxy groups -OCH3 is 2. The van der Waals surface area contributed by atoms with Gasteiger partial charge in [0.25, 0.3) is 46.2 Å². The molecule has 0 aliphatic heterocycles. The van der Waals surface area contributed by atoms with Crippen molar-refractivity contribution in [3.63, 3.8) is 0 Å². The number of rotatable bonds is 33. The number of hydrogen-bond acceptors (Lipinski definition) is 20. The first kappa shape index (κ1) is 70.8. The first-order valence-corrected chi connectivity index (χ1v) is 28.4. The monoisotopic (exact) mass is 1250 g/mol. The van der Waals surface area contributed by atoms with Crippen LogP contribution in [0.4, 0.5) is 0 Å². The van der Waals surface area contributed by atoms with Crippen LogP contribution in [0.1, 0.15) is 80.0 Å². The Hall–Kier alpha value is -10.0. The standard InChI is InChI=1S/C33H43N5O10.C29H35N5O8/c1-22-20-26(29(41)33(45)38(22)21-23-6-4-3-5-7-23)32(44)36-13-11-34-10-12-35-30(42)24-8-9-25(28(40)27(24)39)31(43)37-14-15-47-18-19-48-17-16-46-2;1-17-13-22(24(36)28(40)33(17)15-19(3)35)26(38)31-11-9-30-10-12-32-27(39)23-14-18(2)34(29(41)25(23)37)16-20-5-7-21(42-4)8-6-20/h3-9,20,34,39-41H,10-19,21H2,1-2H3,(H,35,42)(H,36,44)(H,37,43);5-8,13-14,30,35-37H,3,9-12,15-16H2,1-2,4H3,(H,31,38)(H,32,39). The molecule has 0 fully saturated rings. The first-order chi connectivity index (χ1) is 43.1. The average Bonchev–Trinajstić information content (AvgIpc) is 0.900. The van der Waals surface area contributed by atoms with E-state index in [0.29, 0.717) is 75.4 Å². The number of ether oxygens (including phenoxy) is 4. The third kappa shape index (κ3) is 20.6. The van der Waals surface area contributed by atoms with Crippen LogP contribution in [0.2, 0.25) is 0 Å². The zero-order chi connectivity index (χ0) is 65.9. The first-order valence-electron chi connectivity index (χ1n) is 28.4. The molecule has 0 aliphatic rings. The number of hydrogen-bond donors (Lipinski definition) is 13. The summed E-state index contributed by atoms with van der Waals surface area (Å²) in [6, 6.07) is 23.2. The molecule has 0 aliphatic carbocycles. The molecule has 0 unspecified atom stereocenters. The molecule has 3 heterocycles. The smallest absolute Gasteiger partial charge is 0.294 e. The van der Waals surface area contributed by atoms with Gasteiger partial charge in [-0.2, -0.15) is 0 Å². The average molecular weight is 1250 g/mol. The summed E-state index contributed by atoms with van der Waals surface area (Å²) in [5.41, 5.74) is 0.0825. The number of aryl methyl sites for hydroxylation is 3. The van der Waals surface area contributed by atoms with Crippen molar-refractivity contribution in [2.45, 2.75) is 40.4 Å². The molecular weight excluding hydrogens is 1170 g/mol. The minimum absolute atomic E-state index is 0.120. The lowest BCUT2D eigenvalue weighted by Gasteiger charge is -2.14. The minimum Gasteiger partial charge on any atom is -0.511 e. The predicted octanol–water partition coefficient (Wildman–Crippen LogP) is 1.40. The molecule has 3 aromatic carbocycles. The van der Waals surface area contributed by atoms with Crippen LogP contribution >= 0.6 is 0 Å². The number of phenols is 2. The van der Waals surface area contributed by atoms with Gasteiger partial charge in [-0.25, -0.2) is 0 Å². The summed E-state index contributed by atoms with van der Waals surface area (Å²) in [5.74, 6) is -6.22. The van der Waals surface area contributed by atoms with Crippen molar-refractivity contribution in [3.05, 3.63) is 184 Å². The largest absolute Gasteiger partial charge is 0.511 e. The van der Waals surface area contributed by atoms with E-state index in [2.05, 4.69) is 43.8 Å². The number of aliphatic hydroxyl groups is 1. The van der Waals surface area contributed by atoms with Gasteiger partial charge in [-0.05, 0) is 74.4 Å². The van der Waals surface area contributed by atoms with Crippen molar-refractivity contribution in [2.24, 2.45) is 0 Å². The van der Waals surface area contributed by atoms with E-state index in [-0.39, 0.29) is 92.5 Å². The second kappa shape index (κ2) is 35.7. The molecule has 484 valence electrons. The van der Waals surface area contributed by atoms with E-state index in [1.54, 1.807) is 47.1 Å². The topological polar surface area (TPSA) is 394 Å². The van der Waals surface area contributed by atoms with E-state index in [1.165, 1.54) is 39.5 Å². The third-order valence-electron chi connectivity index (χ3n) is 13.5. The van der Waals surface area contributed by atoms with E-state index in [4.69, 9.17) is 18.9 Å². The van der Waals surface area contributed by atoms with Crippen LogP contribution in [0.25, 0.3) is 0 Å². The van der Waals surface area contributed by atoms with Crippen molar-refractivity contribution in [3.8, 4) is 34.5 Å². The molecule has 0 atom stereocenters. The van der Waals surface area contributed by atoms with Gasteiger partial charge in [0.1, 0.15) is 11.5 Å². The van der Waals surface area contributed by atoms with Crippen molar-refractivity contribution in [1.29, 1.82) is 0 Å². The number of phenolic OH excluding ortho intramolecular Hbond substituents is 2. The van der Waals surface area contributed by atoms with Crippen LogP contribution in [0, 0.1) is 20.8 Å². The lowest BCUT2D eigenvalue weighted by Crippen LogP contribution is -2.37. The fourth-order valence-electron chi connectivity index (χ4n) is 8.68. The molecule has 0 bridgehead atoms. The van der Waals surface area contributed by atoms with Gasteiger partial charge in [-0.15, -0.1) is 0 Å². The number of carbonyl (C=O) groups is 5. The fourth-order valence-corrected chi connectivity index (χ4v) is 8.68. The normalized spacial score (nSPS) is 10.8. The number of benzene rings is 3. The Balaban J connectivity index is 0.000000330. The molecule has 90 heavy (non-hydrogen) atoms. The van der Waals surface area contributed by atoms with Gasteiger partial charge in [0.15, 0.2) is 28.7 Å². The second-order valence-corrected chi connectivity index (χ2v) is 20.1. The van der Waals surface area contributed by atoms with Gasteiger partial charge in [0.2, 0.25) is 0 Å². The Bertz CT molecular complexity index is 3640. The second-order valence-electron chi connectivity index (χ2n) is 20.1. The van der Waals surface area contributed by atoms with Gasteiger partial charge in [0, 0.05) is 83.1 Å². The van der Waals surface area contributed by atoms with Gasteiger partial charge in [0.05, 0.1) is 87.6 Å². The lowest BCUT2D eigenvalue weighted by molar-refractivity contribution is 0.0255. The molecule has 13 N–H and O–H groups in total. The summed E-state index contributed by atoms with van der Waals surface area (Å²) in [4.78, 5) is 101. The highest BCUT2D eigenvalue weighted by Crippen LogP contribution is 2.32. The summed E-state index contributed by atoms with van der Waals surface area (Å²) >= 11 is 0. The van der Waals surface area contributed by atoms with Crippen LogP contribution in [0.5, 0.6) is 34.5 Å². The molecule has 6 rings (SSSR count). The van der Waals surface area contributed by atoms with Crippen LogP contribution < -0.4 is 58.6 Å². The minimum atomic E-state index is -0.819. The Labute approximate surface area is 517 Å². The van der Waals surface area contributed by atoms with E-state index in [0.717, 1.165) is 15.7 Å². The van der Waals surface area contributed by atoms with Crippen molar-refractivity contribution < 1.29 is 73.6 Å². The number of nitrogens with zero attached hydrogens (tertiary/aromatic N) is 3. The zero-order valence-electron chi connectivity index (χ0n) is 50.7. The number of aromatic hydroxyl groups is 5.